The van der Waals surface area contributed by atoms with E-state index < -0.39 is 0 Å². The van der Waals surface area contributed by atoms with E-state index in [4.69, 9.17) is 5.73 Å². The van der Waals surface area contributed by atoms with Crippen LogP contribution < -0.4 is 5.73 Å². The first-order valence-corrected chi connectivity index (χ1v) is 7.27. The fourth-order valence-electron chi connectivity index (χ4n) is 2.53. The Morgan fingerprint density at radius 2 is 2.33 bits per heavy atom. The van der Waals surface area contributed by atoms with Gasteiger partial charge in [-0.15, -0.1) is 0 Å². The summed E-state index contributed by atoms with van der Waals surface area (Å²) < 4.78 is 3.05. The molecule has 0 aromatic carbocycles. The molecule has 2 N–H and O–H groups in total. The van der Waals surface area contributed by atoms with Crippen molar-refractivity contribution >= 4 is 33.0 Å². The molecule has 1 saturated carbocycles. The summed E-state index contributed by atoms with van der Waals surface area (Å²) in [4.78, 5) is 8.89. The van der Waals surface area contributed by atoms with Gasteiger partial charge in [-0.25, -0.2) is 9.97 Å². The Hall–Kier alpha value is -1.10. The van der Waals surface area contributed by atoms with Gasteiger partial charge < -0.3 is 5.73 Å². The number of nitrogens with two attached hydrogens (primary N) is 1. The van der Waals surface area contributed by atoms with E-state index in [0.29, 0.717) is 12.0 Å². The highest BCUT2D eigenvalue weighted by Crippen LogP contribution is 2.39. The largest absolute Gasteiger partial charge is 0.369 e. The van der Waals surface area contributed by atoms with Crippen LogP contribution in [0.25, 0.3) is 11.2 Å². The van der Waals surface area contributed by atoms with Crippen molar-refractivity contribution in [3.8, 4) is 0 Å². The molecular weight excluding hydrogens is 292 g/mol. The minimum Gasteiger partial charge on any atom is -0.369 e. The number of imidazole rings is 1. The second kappa shape index (κ2) is 4.53. The van der Waals surface area contributed by atoms with Crippen molar-refractivity contribution in [2.75, 3.05) is 5.73 Å². The lowest BCUT2D eigenvalue weighted by molar-refractivity contribution is 0.441. The smallest absolute Gasteiger partial charge is 0.202 e. The first-order valence-electron chi connectivity index (χ1n) is 6.48. The van der Waals surface area contributed by atoms with Gasteiger partial charge >= 0.3 is 0 Å². The number of rotatable bonds is 4. The molecule has 1 unspecified atom stereocenters. The van der Waals surface area contributed by atoms with Gasteiger partial charge in [-0.2, -0.15) is 0 Å². The fraction of sp³-hybridized carbons (Fsp3) is 0.538. The van der Waals surface area contributed by atoms with Crippen molar-refractivity contribution in [3.05, 3.63) is 16.7 Å². The third-order valence-electron chi connectivity index (χ3n) is 3.66. The molecule has 0 radical (unpaired) electrons. The van der Waals surface area contributed by atoms with E-state index in [1.165, 1.54) is 19.3 Å². The van der Waals surface area contributed by atoms with Crippen LogP contribution in [0.2, 0.25) is 0 Å². The van der Waals surface area contributed by atoms with Gasteiger partial charge in [0.25, 0.3) is 0 Å². The van der Waals surface area contributed by atoms with Crippen LogP contribution in [0.3, 0.4) is 0 Å². The van der Waals surface area contributed by atoms with Gasteiger partial charge in [-0.05, 0) is 40.8 Å². The highest BCUT2D eigenvalue weighted by Gasteiger charge is 2.27. The zero-order chi connectivity index (χ0) is 12.7. The Labute approximate surface area is 115 Å². The van der Waals surface area contributed by atoms with Crippen LogP contribution in [-0.4, -0.2) is 14.5 Å². The van der Waals surface area contributed by atoms with Gasteiger partial charge in [0.2, 0.25) is 5.95 Å². The summed E-state index contributed by atoms with van der Waals surface area (Å²) in [6.45, 7) is 2.21. The quantitative estimate of drug-likeness (QED) is 0.940. The van der Waals surface area contributed by atoms with Crippen molar-refractivity contribution in [3.63, 3.8) is 0 Å². The number of hydrogen-bond acceptors (Lipinski definition) is 3. The maximum absolute atomic E-state index is 6.07. The van der Waals surface area contributed by atoms with Crippen molar-refractivity contribution in [1.29, 1.82) is 0 Å². The van der Waals surface area contributed by atoms with Crippen LogP contribution in [0, 0.1) is 5.92 Å². The van der Waals surface area contributed by atoms with E-state index >= 15 is 0 Å². The average molecular weight is 309 g/mol. The lowest BCUT2D eigenvalue weighted by Crippen LogP contribution is -2.12. The van der Waals surface area contributed by atoms with Gasteiger partial charge in [0.05, 0.1) is 0 Å². The summed E-state index contributed by atoms with van der Waals surface area (Å²) in [5, 5.41) is 0. The molecule has 96 valence electrons. The van der Waals surface area contributed by atoms with Crippen LogP contribution in [0.15, 0.2) is 16.7 Å². The Balaban J connectivity index is 2.05. The second-order valence-electron chi connectivity index (χ2n) is 5.08. The molecule has 4 nitrogen and oxygen atoms in total. The summed E-state index contributed by atoms with van der Waals surface area (Å²) in [6, 6.07) is 2.40. The molecule has 0 spiro atoms. The average Bonchev–Trinajstić information content (AvgIpc) is 3.09. The lowest BCUT2D eigenvalue weighted by Gasteiger charge is -2.18. The molecule has 0 bridgehead atoms. The van der Waals surface area contributed by atoms with Crippen molar-refractivity contribution in [1.82, 2.24) is 14.5 Å². The third kappa shape index (κ3) is 2.11. The van der Waals surface area contributed by atoms with Crippen LogP contribution >= 0.6 is 15.9 Å². The minimum absolute atomic E-state index is 0.427. The summed E-state index contributed by atoms with van der Waals surface area (Å²) in [7, 11) is 0. The van der Waals surface area contributed by atoms with Crippen LogP contribution in [0.1, 0.15) is 38.6 Å². The number of aromatic nitrogens is 3. The molecule has 5 heteroatoms. The number of nitrogens with zero attached hydrogens (tertiary/aromatic N) is 3. The van der Waals surface area contributed by atoms with Gasteiger partial charge in [-0.1, -0.05) is 19.8 Å². The topological polar surface area (TPSA) is 56.7 Å². The van der Waals surface area contributed by atoms with E-state index in [-0.39, 0.29) is 0 Å². The van der Waals surface area contributed by atoms with Gasteiger partial charge in [-0.3, -0.25) is 4.57 Å². The zero-order valence-electron chi connectivity index (χ0n) is 10.4. The molecule has 1 aliphatic carbocycles. The van der Waals surface area contributed by atoms with E-state index in [1.807, 2.05) is 12.3 Å². The molecular formula is C13H17BrN4. The van der Waals surface area contributed by atoms with E-state index in [9.17, 15) is 0 Å². The molecule has 0 aliphatic heterocycles. The maximum Gasteiger partial charge on any atom is 0.202 e. The Bertz CT molecular complexity index is 574. The predicted octanol–water partition coefficient (Wildman–Crippen LogP) is 3.53. The Morgan fingerprint density at radius 3 is 3.00 bits per heavy atom. The highest BCUT2D eigenvalue weighted by atomic mass is 79.9. The summed E-state index contributed by atoms with van der Waals surface area (Å²) in [5.74, 6) is 1.46. The summed E-state index contributed by atoms with van der Waals surface area (Å²) in [5.41, 5.74) is 7.85. The SMILES string of the molecule is CCC(CC1CC1)n1c(N)nc2cc(Br)cnc21. The molecule has 1 fully saturated rings. The van der Waals surface area contributed by atoms with Gasteiger partial charge in [0.1, 0.15) is 5.52 Å². The van der Waals surface area contributed by atoms with E-state index in [2.05, 4.69) is 37.4 Å². The molecule has 0 amide bonds. The number of fused-ring (bicyclic) bond motifs is 1. The molecule has 1 aliphatic rings. The van der Waals surface area contributed by atoms with Gasteiger partial charge in [0.15, 0.2) is 5.65 Å². The number of nitrogen functional groups attached to an aromatic ring is 1. The van der Waals surface area contributed by atoms with Crippen molar-refractivity contribution in [2.45, 2.75) is 38.6 Å². The number of hydrogen-bond donors (Lipinski definition) is 1. The normalized spacial score (nSPS) is 17.2. The molecule has 2 aromatic heterocycles. The third-order valence-corrected chi connectivity index (χ3v) is 4.10. The second-order valence-corrected chi connectivity index (χ2v) is 5.99. The standard InChI is InChI=1S/C13H17BrN4/c1-2-10(5-8-3-4-8)18-12-11(17-13(18)15)6-9(14)7-16-12/h6-8,10H,2-5H2,1H3,(H2,15,17). The molecule has 3 rings (SSSR count). The van der Waals surface area contributed by atoms with Gasteiger partial charge in [0, 0.05) is 16.7 Å². The minimum atomic E-state index is 0.427. The van der Waals surface area contributed by atoms with Crippen LogP contribution in [-0.2, 0) is 0 Å². The predicted molar refractivity (Wildman–Crippen MR) is 76.3 cm³/mol. The molecule has 2 aromatic rings. The number of halogens is 1. The molecule has 1 atom stereocenters. The highest BCUT2D eigenvalue weighted by molar-refractivity contribution is 9.10. The zero-order valence-corrected chi connectivity index (χ0v) is 12.0. The first-order chi connectivity index (χ1) is 8.69. The maximum atomic E-state index is 6.07. The molecule has 18 heavy (non-hydrogen) atoms. The number of pyridine rings is 1. The van der Waals surface area contributed by atoms with Crippen LogP contribution in [0.5, 0.6) is 0 Å². The van der Waals surface area contributed by atoms with E-state index in [0.717, 1.165) is 28.0 Å². The summed E-state index contributed by atoms with van der Waals surface area (Å²) in [6.07, 6.45) is 6.81. The van der Waals surface area contributed by atoms with Crippen molar-refractivity contribution < 1.29 is 0 Å². The van der Waals surface area contributed by atoms with Crippen molar-refractivity contribution in [2.24, 2.45) is 5.92 Å². The number of anilines is 1. The first kappa shape index (κ1) is 12.0. The molecule has 0 saturated heterocycles. The van der Waals surface area contributed by atoms with E-state index in [1.54, 1.807) is 0 Å². The lowest BCUT2D eigenvalue weighted by atomic mass is 10.1. The monoisotopic (exact) mass is 308 g/mol. The van der Waals surface area contributed by atoms with Crippen LogP contribution in [0.4, 0.5) is 5.95 Å². The Kier molecular flexibility index (Phi) is 3.01. The Morgan fingerprint density at radius 1 is 1.56 bits per heavy atom. The molecule has 2 heterocycles. The fourth-order valence-corrected chi connectivity index (χ4v) is 2.85. The summed E-state index contributed by atoms with van der Waals surface area (Å²) >= 11 is 3.42.